The summed E-state index contributed by atoms with van der Waals surface area (Å²) in [5.74, 6) is 0.277. The van der Waals surface area contributed by atoms with E-state index in [1.165, 1.54) is 11.8 Å². The van der Waals surface area contributed by atoms with E-state index in [1.807, 2.05) is 36.4 Å². The Kier molecular flexibility index (Phi) is 7.01. The third kappa shape index (κ3) is 5.42. The molecular weight excluding hydrogens is 531 g/mol. The Morgan fingerprint density at radius 1 is 0.875 bits per heavy atom. The average molecular weight is 546 g/mol. The molecule has 4 aromatic rings. The van der Waals surface area contributed by atoms with E-state index in [1.54, 1.807) is 36.4 Å². The zero-order valence-electron chi connectivity index (χ0n) is 16.4. The number of carbonyl (C=O) groups is 1. The van der Waals surface area contributed by atoms with E-state index >= 15 is 0 Å². The highest BCUT2D eigenvalue weighted by molar-refractivity contribution is 9.10. The highest BCUT2D eigenvalue weighted by atomic mass is 79.9. The van der Waals surface area contributed by atoms with E-state index in [2.05, 4.69) is 26.2 Å². The van der Waals surface area contributed by atoms with Gasteiger partial charge in [-0.2, -0.15) is 0 Å². The maximum absolute atomic E-state index is 12.8. The fourth-order valence-electron chi connectivity index (χ4n) is 2.78. The van der Waals surface area contributed by atoms with E-state index in [4.69, 9.17) is 33.9 Å². The molecule has 1 amide bonds. The smallest absolute Gasteiger partial charge is 0.255 e. The van der Waals surface area contributed by atoms with Crippen molar-refractivity contribution in [2.45, 2.75) is 9.92 Å². The lowest BCUT2D eigenvalue weighted by molar-refractivity contribution is 0.102. The lowest BCUT2D eigenvalue weighted by Gasteiger charge is -2.14. The van der Waals surface area contributed by atoms with Crippen LogP contribution in [-0.2, 0) is 0 Å². The van der Waals surface area contributed by atoms with Gasteiger partial charge < -0.3 is 11.1 Å². The van der Waals surface area contributed by atoms with Gasteiger partial charge in [-0.3, -0.25) is 4.79 Å². The molecule has 4 rings (SSSR count). The zero-order chi connectivity index (χ0) is 22.7. The summed E-state index contributed by atoms with van der Waals surface area (Å²) >= 11 is 16.7. The van der Waals surface area contributed by atoms with Crippen LogP contribution in [0.4, 0.5) is 11.5 Å². The van der Waals surface area contributed by atoms with Gasteiger partial charge in [0.2, 0.25) is 0 Å². The fraction of sp³-hybridized carbons (Fsp3) is 0. The Morgan fingerprint density at radius 3 is 2.09 bits per heavy atom. The monoisotopic (exact) mass is 544 g/mol. The Hall–Kier alpha value is -2.58. The minimum atomic E-state index is -0.341. The number of nitrogens with two attached hydrogens (primary N) is 1. The quantitative estimate of drug-likeness (QED) is 0.259. The largest absolute Gasteiger partial charge is 0.382 e. The molecule has 0 aliphatic carbocycles. The summed E-state index contributed by atoms with van der Waals surface area (Å²) in [7, 11) is 0. The summed E-state index contributed by atoms with van der Waals surface area (Å²) in [5.41, 5.74) is 7.86. The molecule has 160 valence electrons. The molecule has 9 heteroatoms. The van der Waals surface area contributed by atoms with Gasteiger partial charge in [0.15, 0.2) is 11.6 Å². The van der Waals surface area contributed by atoms with Crippen molar-refractivity contribution >= 4 is 68.3 Å². The molecule has 3 N–H and O–H groups in total. The second-order valence-corrected chi connectivity index (χ2v) is 9.49. The first-order valence-electron chi connectivity index (χ1n) is 9.33. The Labute approximate surface area is 207 Å². The number of anilines is 2. The Balaban J connectivity index is 1.74. The summed E-state index contributed by atoms with van der Waals surface area (Å²) in [6.45, 7) is 0. The van der Waals surface area contributed by atoms with Crippen LogP contribution in [-0.4, -0.2) is 15.9 Å². The van der Waals surface area contributed by atoms with E-state index in [0.717, 1.165) is 14.9 Å². The van der Waals surface area contributed by atoms with Crippen LogP contribution in [0.3, 0.4) is 0 Å². The molecule has 0 atom stereocenters. The number of nitrogen functional groups attached to an aromatic ring is 1. The second-order valence-electron chi connectivity index (χ2n) is 6.64. The first-order chi connectivity index (χ1) is 15.4. The number of amides is 1. The third-order valence-corrected chi connectivity index (χ3v) is 6.41. The topological polar surface area (TPSA) is 80.9 Å². The van der Waals surface area contributed by atoms with Crippen molar-refractivity contribution in [3.8, 4) is 11.4 Å². The lowest BCUT2D eigenvalue weighted by Crippen LogP contribution is -2.15. The predicted molar refractivity (Wildman–Crippen MR) is 135 cm³/mol. The van der Waals surface area contributed by atoms with Crippen LogP contribution in [0.1, 0.15) is 10.4 Å². The molecule has 0 bridgehead atoms. The van der Waals surface area contributed by atoms with Crippen LogP contribution in [0.25, 0.3) is 11.4 Å². The molecule has 0 saturated heterocycles. The van der Waals surface area contributed by atoms with Crippen LogP contribution in [0, 0.1) is 0 Å². The van der Waals surface area contributed by atoms with E-state index < -0.39 is 0 Å². The van der Waals surface area contributed by atoms with Gasteiger partial charge in [0.25, 0.3) is 5.91 Å². The van der Waals surface area contributed by atoms with Crippen molar-refractivity contribution in [1.29, 1.82) is 0 Å². The van der Waals surface area contributed by atoms with Crippen LogP contribution in [0.15, 0.2) is 87.2 Å². The molecule has 0 spiro atoms. The molecule has 3 aromatic carbocycles. The van der Waals surface area contributed by atoms with Crippen molar-refractivity contribution in [3.63, 3.8) is 0 Å². The summed E-state index contributed by atoms with van der Waals surface area (Å²) < 4.78 is 0.942. The van der Waals surface area contributed by atoms with Crippen LogP contribution in [0.5, 0.6) is 0 Å². The summed E-state index contributed by atoms with van der Waals surface area (Å²) in [4.78, 5) is 22.8. The van der Waals surface area contributed by atoms with Gasteiger partial charge in [0, 0.05) is 30.5 Å². The van der Waals surface area contributed by atoms with Gasteiger partial charge in [-0.15, -0.1) is 0 Å². The minimum Gasteiger partial charge on any atom is -0.382 e. The van der Waals surface area contributed by atoms with Gasteiger partial charge in [-0.25, -0.2) is 9.97 Å². The number of aromatic nitrogens is 2. The minimum absolute atomic E-state index is 0.164. The van der Waals surface area contributed by atoms with Crippen molar-refractivity contribution in [1.82, 2.24) is 9.97 Å². The fourth-order valence-corrected chi connectivity index (χ4v) is 4.18. The lowest BCUT2D eigenvalue weighted by atomic mass is 10.2. The number of hydrogen-bond acceptors (Lipinski definition) is 5. The molecule has 0 saturated carbocycles. The van der Waals surface area contributed by atoms with Gasteiger partial charge >= 0.3 is 0 Å². The Bertz CT molecular complexity index is 1270. The number of nitrogens with one attached hydrogen (secondary N) is 1. The van der Waals surface area contributed by atoms with Crippen LogP contribution >= 0.6 is 50.9 Å². The number of halogens is 3. The van der Waals surface area contributed by atoms with Crippen molar-refractivity contribution in [2.24, 2.45) is 0 Å². The molecule has 0 fully saturated rings. The number of nitrogens with zero attached hydrogens (tertiary/aromatic N) is 2. The molecule has 1 heterocycles. The van der Waals surface area contributed by atoms with Crippen LogP contribution in [0.2, 0.25) is 10.0 Å². The standard InChI is InChI=1S/C23H15BrCl2N4OS/c24-15-5-1-13(2-6-15)21-29-20(27)19(28-22(31)14-3-7-16(25)8-4-14)23(30-21)32-18-11-9-17(26)10-12-18/h1-12H,(H,28,31)(H2,27,29,30). The first-order valence-corrected chi connectivity index (χ1v) is 11.7. The summed E-state index contributed by atoms with van der Waals surface area (Å²) in [6, 6.07) is 21.5. The SMILES string of the molecule is Nc1nc(-c2ccc(Br)cc2)nc(Sc2ccc(Cl)cc2)c1NC(=O)c1ccc(Cl)cc1. The molecule has 5 nitrogen and oxygen atoms in total. The number of hydrogen-bond donors (Lipinski definition) is 2. The summed E-state index contributed by atoms with van der Waals surface area (Å²) in [5, 5.41) is 4.53. The molecular formula is C23H15BrCl2N4OS. The number of benzene rings is 3. The zero-order valence-corrected chi connectivity index (χ0v) is 20.3. The van der Waals surface area contributed by atoms with E-state index in [-0.39, 0.29) is 11.7 Å². The van der Waals surface area contributed by atoms with Crippen LogP contribution < -0.4 is 11.1 Å². The highest BCUT2D eigenvalue weighted by Crippen LogP contribution is 2.37. The maximum Gasteiger partial charge on any atom is 0.255 e. The van der Waals surface area contributed by atoms with Gasteiger partial charge in [0.1, 0.15) is 10.7 Å². The van der Waals surface area contributed by atoms with E-state index in [0.29, 0.717) is 32.1 Å². The maximum atomic E-state index is 12.8. The normalized spacial score (nSPS) is 10.7. The highest BCUT2D eigenvalue weighted by Gasteiger charge is 2.18. The van der Waals surface area contributed by atoms with Gasteiger partial charge in [-0.1, -0.05) is 63.0 Å². The Morgan fingerprint density at radius 2 is 1.47 bits per heavy atom. The summed E-state index contributed by atoms with van der Waals surface area (Å²) in [6.07, 6.45) is 0. The number of rotatable bonds is 5. The molecule has 0 unspecified atom stereocenters. The second kappa shape index (κ2) is 9.92. The molecule has 0 aliphatic heterocycles. The van der Waals surface area contributed by atoms with Gasteiger partial charge in [0.05, 0.1) is 0 Å². The van der Waals surface area contributed by atoms with Crippen molar-refractivity contribution < 1.29 is 4.79 Å². The third-order valence-electron chi connectivity index (χ3n) is 4.38. The van der Waals surface area contributed by atoms with Crippen molar-refractivity contribution in [3.05, 3.63) is 92.9 Å². The molecule has 0 aliphatic rings. The average Bonchev–Trinajstić information content (AvgIpc) is 2.78. The van der Waals surface area contributed by atoms with Crippen molar-refractivity contribution in [2.75, 3.05) is 11.1 Å². The first kappa shape index (κ1) is 22.6. The molecule has 1 aromatic heterocycles. The van der Waals surface area contributed by atoms with Gasteiger partial charge in [-0.05, 0) is 60.7 Å². The molecule has 0 radical (unpaired) electrons. The molecule has 32 heavy (non-hydrogen) atoms. The number of carbonyl (C=O) groups excluding carboxylic acids is 1. The van der Waals surface area contributed by atoms with E-state index in [9.17, 15) is 4.79 Å². The predicted octanol–water partition coefficient (Wildman–Crippen LogP) is 7.20.